The van der Waals surface area contributed by atoms with Crippen LogP contribution in [-0.2, 0) is 6.42 Å². The molecule has 0 saturated heterocycles. The summed E-state index contributed by atoms with van der Waals surface area (Å²) in [7, 11) is 0. The number of oxazole rings is 1. The van der Waals surface area contributed by atoms with E-state index in [1.165, 1.54) is 5.56 Å². The molecule has 5 nitrogen and oxygen atoms in total. The number of amides is 1. The van der Waals surface area contributed by atoms with Crippen LogP contribution < -0.4 is 5.32 Å². The van der Waals surface area contributed by atoms with Crippen molar-refractivity contribution in [2.45, 2.75) is 13.3 Å². The topological polar surface area (TPSA) is 68.3 Å². The molecule has 5 aromatic rings. The molecule has 3 aromatic carbocycles. The zero-order valence-electron chi connectivity index (χ0n) is 17.6. The van der Waals surface area contributed by atoms with Gasteiger partial charge in [-0.3, -0.25) is 4.79 Å². The number of nitrogens with zero attached hydrogens (tertiary/aromatic N) is 1. The molecule has 0 aliphatic carbocycles. The number of hydrogen-bond donors (Lipinski definition) is 1. The molecule has 0 saturated carbocycles. The maximum atomic E-state index is 12.8. The molecule has 5 rings (SSSR count). The number of halogens is 2. The zero-order valence-corrected chi connectivity index (χ0v) is 19.9. The van der Waals surface area contributed by atoms with Crippen LogP contribution >= 0.6 is 27.5 Å². The van der Waals surface area contributed by atoms with Crippen LogP contribution in [0.4, 0.5) is 5.69 Å². The van der Waals surface area contributed by atoms with Crippen molar-refractivity contribution in [3.63, 3.8) is 0 Å². The summed E-state index contributed by atoms with van der Waals surface area (Å²) in [6, 6.07) is 22.2. The van der Waals surface area contributed by atoms with Crippen LogP contribution in [0.5, 0.6) is 0 Å². The number of benzene rings is 3. The average molecular weight is 522 g/mol. The lowest BCUT2D eigenvalue weighted by Crippen LogP contribution is -2.10. The monoisotopic (exact) mass is 520 g/mol. The van der Waals surface area contributed by atoms with Gasteiger partial charge in [0.25, 0.3) is 5.91 Å². The highest BCUT2D eigenvalue weighted by Crippen LogP contribution is 2.33. The number of hydrogen-bond acceptors (Lipinski definition) is 4. The number of anilines is 1. The minimum Gasteiger partial charge on any atom is -0.451 e. The molecule has 0 radical (unpaired) electrons. The van der Waals surface area contributed by atoms with E-state index in [0.29, 0.717) is 33.5 Å². The lowest BCUT2D eigenvalue weighted by atomic mass is 10.1. The summed E-state index contributed by atoms with van der Waals surface area (Å²) in [5.74, 6) is 0.854. The van der Waals surface area contributed by atoms with Crippen molar-refractivity contribution in [2.24, 2.45) is 0 Å². The zero-order chi connectivity index (χ0) is 22.9. The first-order valence-corrected chi connectivity index (χ1v) is 11.5. The van der Waals surface area contributed by atoms with E-state index >= 15 is 0 Å². The van der Waals surface area contributed by atoms with Crippen molar-refractivity contribution < 1.29 is 13.6 Å². The fourth-order valence-electron chi connectivity index (χ4n) is 3.50. The first-order chi connectivity index (χ1) is 16.0. The van der Waals surface area contributed by atoms with Gasteiger partial charge in [0.1, 0.15) is 11.3 Å². The molecule has 164 valence electrons. The number of carbonyl (C=O) groups is 1. The van der Waals surface area contributed by atoms with Crippen LogP contribution in [0.15, 0.2) is 86.1 Å². The van der Waals surface area contributed by atoms with Gasteiger partial charge in [0.2, 0.25) is 5.89 Å². The van der Waals surface area contributed by atoms with E-state index in [2.05, 4.69) is 33.2 Å². The van der Waals surface area contributed by atoms with E-state index in [9.17, 15) is 4.79 Å². The summed E-state index contributed by atoms with van der Waals surface area (Å²) in [5.41, 5.74) is 4.66. The molecule has 0 fully saturated rings. The van der Waals surface area contributed by atoms with Gasteiger partial charge in [-0.2, -0.15) is 0 Å². The van der Waals surface area contributed by atoms with Crippen molar-refractivity contribution in [1.82, 2.24) is 4.98 Å². The lowest BCUT2D eigenvalue weighted by Gasteiger charge is -2.06. The van der Waals surface area contributed by atoms with Gasteiger partial charge in [-0.15, -0.1) is 0 Å². The number of furan rings is 1. The minimum atomic E-state index is -0.364. The third kappa shape index (κ3) is 4.45. The van der Waals surface area contributed by atoms with Gasteiger partial charge in [0, 0.05) is 15.7 Å². The largest absolute Gasteiger partial charge is 0.451 e. The number of carbonyl (C=O) groups excluding carboxylic acids is 1. The molecule has 7 heteroatoms. The van der Waals surface area contributed by atoms with Gasteiger partial charge in [0.15, 0.2) is 11.3 Å². The average Bonchev–Trinajstić information content (AvgIpc) is 3.48. The van der Waals surface area contributed by atoms with Crippen molar-refractivity contribution >= 4 is 50.2 Å². The van der Waals surface area contributed by atoms with E-state index in [1.807, 2.05) is 42.5 Å². The summed E-state index contributed by atoms with van der Waals surface area (Å²) >= 11 is 9.83. The molecule has 1 amide bonds. The summed E-state index contributed by atoms with van der Waals surface area (Å²) in [6.07, 6.45) is 0.913. The maximum Gasteiger partial charge on any atom is 0.291 e. The smallest absolute Gasteiger partial charge is 0.291 e. The normalized spacial score (nSPS) is 11.1. The predicted molar refractivity (Wildman–Crippen MR) is 134 cm³/mol. The van der Waals surface area contributed by atoms with Gasteiger partial charge in [-0.25, -0.2) is 4.98 Å². The molecule has 33 heavy (non-hydrogen) atoms. The highest BCUT2D eigenvalue weighted by atomic mass is 79.9. The van der Waals surface area contributed by atoms with Gasteiger partial charge in [-0.1, -0.05) is 52.7 Å². The Hall–Kier alpha value is -3.35. The van der Waals surface area contributed by atoms with Crippen LogP contribution in [0.3, 0.4) is 0 Å². The summed E-state index contributed by atoms with van der Waals surface area (Å²) in [4.78, 5) is 17.4. The SMILES string of the molecule is CCc1ccc2oc(-c3cc(NC(=O)c4ccc(-c5ccc(Br)cc5)o4)ccc3Cl)nc2c1. The Morgan fingerprint density at radius 1 is 1.00 bits per heavy atom. The van der Waals surface area contributed by atoms with E-state index in [-0.39, 0.29) is 11.7 Å². The van der Waals surface area contributed by atoms with Crippen LogP contribution in [0.2, 0.25) is 5.02 Å². The second-order valence-corrected chi connectivity index (χ2v) is 8.82. The van der Waals surface area contributed by atoms with Crippen LogP contribution in [0, 0.1) is 0 Å². The van der Waals surface area contributed by atoms with Gasteiger partial charge in [0.05, 0.1) is 10.6 Å². The molecule has 0 unspecified atom stereocenters. The molecule has 2 heterocycles. The first kappa shape index (κ1) is 21.5. The molecular weight excluding hydrogens is 504 g/mol. The Morgan fingerprint density at radius 2 is 1.82 bits per heavy atom. The van der Waals surface area contributed by atoms with Gasteiger partial charge < -0.3 is 14.2 Å². The molecule has 0 bridgehead atoms. The lowest BCUT2D eigenvalue weighted by molar-refractivity contribution is 0.0997. The number of nitrogens with one attached hydrogen (secondary N) is 1. The second kappa shape index (κ2) is 8.89. The minimum absolute atomic E-state index is 0.207. The van der Waals surface area contributed by atoms with Crippen LogP contribution in [0.25, 0.3) is 33.9 Å². The number of aryl methyl sites for hydroxylation is 1. The number of rotatable bonds is 5. The summed E-state index contributed by atoms with van der Waals surface area (Å²) < 4.78 is 12.6. The van der Waals surface area contributed by atoms with Crippen molar-refractivity contribution in [1.29, 1.82) is 0 Å². The molecule has 1 N–H and O–H groups in total. The van der Waals surface area contributed by atoms with E-state index in [0.717, 1.165) is 22.0 Å². The molecular formula is C26H18BrClN2O3. The summed E-state index contributed by atoms with van der Waals surface area (Å²) in [5, 5.41) is 3.33. The second-order valence-electron chi connectivity index (χ2n) is 7.49. The Balaban J connectivity index is 1.39. The Bertz CT molecular complexity index is 1470. The van der Waals surface area contributed by atoms with Crippen LogP contribution in [-0.4, -0.2) is 10.9 Å². The molecule has 0 spiro atoms. The predicted octanol–water partition coefficient (Wildman–Crippen LogP) is 7.99. The van der Waals surface area contributed by atoms with Gasteiger partial charge >= 0.3 is 0 Å². The summed E-state index contributed by atoms with van der Waals surface area (Å²) in [6.45, 7) is 2.09. The Labute approximate surface area is 203 Å². The molecule has 2 aromatic heterocycles. The third-order valence-corrected chi connectivity index (χ3v) is 6.13. The maximum absolute atomic E-state index is 12.8. The highest BCUT2D eigenvalue weighted by molar-refractivity contribution is 9.10. The standard InChI is InChI=1S/C26H18BrClN2O3/c1-2-15-3-10-23-21(13-15)30-26(33-23)19-14-18(8-9-20(19)28)29-25(31)24-12-11-22(32-24)16-4-6-17(27)7-5-16/h3-14H,2H2,1H3,(H,29,31). The van der Waals surface area contributed by atoms with Crippen molar-refractivity contribution in [3.05, 3.63) is 93.6 Å². The van der Waals surface area contributed by atoms with E-state index in [4.69, 9.17) is 20.4 Å². The molecule has 0 aliphatic heterocycles. The number of aromatic nitrogens is 1. The molecule has 0 atom stereocenters. The van der Waals surface area contributed by atoms with E-state index < -0.39 is 0 Å². The van der Waals surface area contributed by atoms with E-state index in [1.54, 1.807) is 30.3 Å². The quantitative estimate of drug-likeness (QED) is 0.254. The highest BCUT2D eigenvalue weighted by Gasteiger charge is 2.16. The van der Waals surface area contributed by atoms with Gasteiger partial charge in [-0.05, 0) is 66.6 Å². The van der Waals surface area contributed by atoms with Crippen LogP contribution in [0.1, 0.15) is 23.0 Å². The molecule has 0 aliphatic rings. The fraction of sp³-hybridized carbons (Fsp3) is 0.0769. The van der Waals surface area contributed by atoms with Crippen molar-refractivity contribution in [3.8, 4) is 22.8 Å². The number of fused-ring (bicyclic) bond motifs is 1. The van der Waals surface area contributed by atoms with Crippen molar-refractivity contribution in [2.75, 3.05) is 5.32 Å². The third-order valence-electron chi connectivity index (χ3n) is 5.27. The Kier molecular flexibility index (Phi) is 5.79. The fourth-order valence-corrected chi connectivity index (χ4v) is 3.96. The first-order valence-electron chi connectivity index (χ1n) is 10.4. The Morgan fingerprint density at radius 3 is 2.61 bits per heavy atom.